The number of amides is 2. The van der Waals surface area contributed by atoms with E-state index < -0.39 is 6.04 Å². The van der Waals surface area contributed by atoms with E-state index in [-0.39, 0.29) is 23.7 Å². The SMILES string of the molecule is CC(C)[C@H](N)C(=O)NCc1cccc(NC(=O)C2CCCC2)c1. The van der Waals surface area contributed by atoms with E-state index in [9.17, 15) is 9.59 Å². The van der Waals surface area contributed by atoms with Crippen LogP contribution in [0.2, 0.25) is 0 Å². The third-order valence-corrected chi connectivity index (χ3v) is 4.41. The average Bonchev–Trinajstić information content (AvgIpc) is 3.06. The molecule has 2 rings (SSSR count). The van der Waals surface area contributed by atoms with Crippen LogP contribution in [0.15, 0.2) is 24.3 Å². The Morgan fingerprint density at radius 3 is 2.61 bits per heavy atom. The van der Waals surface area contributed by atoms with Gasteiger partial charge in [0.25, 0.3) is 0 Å². The molecule has 5 heteroatoms. The van der Waals surface area contributed by atoms with Crippen LogP contribution in [0.25, 0.3) is 0 Å². The van der Waals surface area contributed by atoms with Crippen LogP contribution in [0.3, 0.4) is 0 Å². The van der Waals surface area contributed by atoms with Crippen LogP contribution in [0.1, 0.15) is 45.1 Å². The maximum absolute atomic E-state index is 12.2. The van der Waals surface area contributed by atoms with Gasteiger partial charge in [-0.15, -0.1) is 0 Å². The molecule has 1 aromatic rings. The molecule has 2 amide bonds. The van der Waals surface area contributed by atoms with E-state index in [1.165, 1.54) is 0 Å². The fraction of sp³-hybridized carbons (Fsp3) is 0.556. The van der Waals surface area contributed by atoms with E-state index in [0.717, 1.165) is 36.9 Å². The zero-order chi connectivity index (χ0) is 16.8. The smallest absolute Gasteiger partial charge is 0.237 e. The fourth-order valence-corrected chi connectivity index (χ4v) is 2.80. The topological polar surface area (TPSA) is 84.2 Å². The van der Waals surface area contributed by atoms with Crippen molar-refractivity contribution in [3.05, 3.63) is 29.8 Å². The number of nitrogens with two attached hydrogens (primary N) is 1. The summed E-state index contributed by atoms with van der Waals surface area (Å²) in [6.45, 7) is 4.25. The molecule has 0 saturated heterocycles. The van der Waals surface area contributed by atoms with E-state index in [1.54, 1.807) is 0 Å². The van der Waals surface area contributed by atoms with Crippen molar-refractivity contribution in [2.75, 3.05) is 5.32 Å². The van der Waals surface area contributed by atoms with Crippen LogP contribution in [-0.2, 0) is 16.1 Å². The molecular formula is C18H27N3O2. The Kier molecular flexibility index (Phi) is 6.16. The molecule has 5 nitrogen and oxygen atoms in total. The largest absolute Gasteiger partial charge is 0.351 e. The molecule has 1 atom stereocenters. The molecular weight excluding hydrogens is 290 g/mol. The quantitative estimate of drug-likeness (QED) is 0.753. The maximum Gasteiger partial charge on any atom is 0.237 e. The van der Waals surface area contributed by atoms with Crippen LogP contribution in [-0.4, -0.2) is 17.9 Å². The van der Waals surface area contributed by atoms with Gasteiger partial charge in [0.1, 0.15) is 0 Å². The van der Waals surface area contributed by atoms with Gasteiger partial charge in [0, 0.05) is 18.2 Å². The molecule has 0 radical (unpaired) electrons. The number of carbonyl (C=O) groups excluding carboxylic acids is 2. The Balaban J connectivity index is 1.89. The lowest BCUT2D eigenvalue weighted by molar-refractivity contribution is -0.123. The van der Waals surface area contributed by atoms with Crippen molar-refractivity contribution in [3.63, 3.8) is 0 Å². The Labute approximate surface area is 138 Å². The highest BCUT2D eigenvalue weighted by Gasteiger charge is 2.22. The Hall–Kier alpha value is -1.88. The summed E-state index contributed by atoms with van der Waals surface area (Å²) in [6.07, 6.45) is 4.24. The molecule has 0 bridgehead atoms. The summed E-state index contributed by atoms with van der Waals surface area (Å²) in [5, 5.41) is 5.82. The van der Waals surface area contributed by atoms with Gasteiger partial charge in [-0.05, 0) is 36.5 Å². The van der Waals surface area contributed by atoms with E-state index in [4.69, 9.17) is 5.73 Å². The minimum Gasteiger partial charge on any atom is -0.351 e. The van der Waals surface area contributed by atoms with Crippen LogP contribution < -0.4 is 16.4 Å². The van der Waals surface area contributed by atoms with Crippen LogP contribution in [0.4, 0.5) is 5.69 Å². The first-order valence-electron chi connectivity index (χ1n) is 8.40. The summed E-state index contributed by atoms with van der Waals surface area (Å²) < 4.78 is 0. The lowest BCUT2D eigenvalue weighted by Crippen LogP contribution is -2.43. The van der Waals surface area contributed by atoms with Gasteiger partial charge in [-0.2, -0.15) is 0 Å². The summed E-state index contributed by atoms with van der Waals surface area (Å²) >= 11 is 0. The van der Waals surface area contributed by atoms with Crippen molar-refractivity contribution in [3.8, 4) is 0 Å². The third kappa shape index (κ3) is 5.06. The molecule has 1 saturated carbocycles. The second-order valence-electron chi connectivity index (χ2n) is 6.66. The molecule has 126 valence electrons. The highest BCUT2D eigenvalue weighted by molar-refractivity contribution is 5.92. The number of carbonyl (C=O) groups is 2. The molecule has 0 aliphatic heterocycles. The molecule has 1 aromatic carbocycles. The molecule has 1 aliphatic carbocycles. The molecule has 1 fully saturated rings. The molecule has 0 spiro atoms. The minimum absolute atomic E-state index is 0.102. The van der Waals surface area contributed by atoms with Crippen molar-refractivity contribution in [2.45, 2.75) is 52.1 Å². The van der Waals surface area contributed by atoms with Gasteiger partial charge in [0.15, 0.2) is 0 Å². The molecule has 0 unspecified atom stereocenters. The summed E-state index contributed by atoms with van der Waals surface area (Å²) in [5.41, 5.74) is 7.54. The molecule has 23 heavy (non-hydrogen) atoms. The highest BCUT2D eigenvalue weighted by atomic mass is 16.2. The average molecular weight is 317 g/mol. The summed E-state index contributed by atoms with van der Waals surface area (Å²) in [4.78, 5) is 24.0. The molecule has 4 N–H and O–H groups in total. The van der Waals surface area contributed by atoms with Gasteiger partial charge < -0.3 is 16.4 Å². The third-order valence-electron chi connectivity index (χ3n) is 4.41. The van der Waals surface area contributed by atoms with Gasteiger partial charge >= 0.3 is 0 Å². The number of anilines is 1. The van der Waals surface area contributed by atoms with Gasteiger partial charge in [-0.3, -0.25) is 9.59 Å². The van der Waals surface area contributed by atoms with Crippen molar-refractivity contribution in [1.29, 1.82) is 0 Å². The van der Waals surface area contributed by atoms with Crippen molar-refractivity contribution in [2.24, 2.45) is 17.6 Å². The van der Waals surface area contributed by atoms with Gasteiger partial charge in [-0.25, -0.2) is 0 Å². The van der Waals surface area contributed by atoms with E-state index in [2.05, 4.69) is 10.6 Å². The van der Waals surface area contributed by atoms with Crippen LogP contribution >= 0.6 is 0 Å². The summed E-state index contributed by atoms with van der Waals surface area (Å²) in [7, 11) is 0. The second kappa shape index (κ2) is 8.11. The summed E-state index contributed by atoms with van der Waals surface area (Å²) in [6, 6.07) is 7.08. The molecule has 0 aromatic heterocycles. The zero-order valence-corrected chi connectivity index (χ0v) is 14.0. The standard InChI is InChI=1S/C18H27N3O2/c1-12(2)16(19)18(23)20-11-13-6-5-9-15(10-13)21-17(22)14-7-3-4-8-14/h5-6,9-10,12,14,16H,3-4,7-8,11,19H2,1-2H3,(H,20,23)(H,21,22)/t16-/m0/s1. The van der Waals surface area contributed by atoms with Gasteiger partial charge in [-0.1, -0.05) is 38.8 Å². The van der Waals surface area contributed by atoms with E-state index in [1.807, 2.05) is 38.1 Å². The summed E-state index contributed by atoms with van der Waals surface area (Å²) in [5.74, 6) is 0.195. The lowest BCUT2D eigenvalue weighted by Gasteiger charge is -2.16. The second-order valence-corrected chi connectivity index (χ2v) is 6.66. The van der Waals surface area contributed by atoms with E-state index >= 15 is 0 Å². The predicted molar refractivity (Wildman–Crippen MR) is 91.7 cm³/mol. The highest BCUT2D eigenvalue weighted by Crippen LogP contribution is 2.26. The lowest BCUT2D eigenvalue weighted by atomic mass is 10.0. The normalized spacial score (nSPS) is 16.3. The first-order chi connectivity index (χ1) is 11.0. The van der Waals surface area contributed by atoms with Crippen molar-refractivity contribution >= 4 is 17.5 Å². The molecule has 0 heterocycles. The Bertz CT molecular complexity index is 551. The van der Waals surface area contributed by atoms with Gasteiger partial charge in [0.05, 0.1) is 6.04 Å². The minimum atomic E-state index is -0.500. The maximum atomic E-state index is 12.2. The number of hydrogen-bond donors (Lipinski definition) is 3. The van der Waals surface area contributed by atoms with Crippen molar-refractivity contribution in [1.82, 2.24) is 5.32 Å². The number of benzene rings is 1. The van der Waals surface area contributed by atoms with Gasteiger partial charge in [0.2, 0.25) is 11.8 Å². The number of rotatable bonds is 6. The Morgan fingerprint density at radius 2 is 1.96 bits per heavy atom. The number of hydrogen-bond acceptors (Lipinski definition) is 3. The molecule has 1 aliphatic rings. The monoisotopic (exact) mass is 317 g/mol. The van der Waals surface area contributed by atoms with Crippen LogP contribution in [0.5, 0.6) is 0 Å². The predicted octanol–water partition coefficient (Wildman–Crippen LogP) is 2.41. The first kappa shape index (κ1) is 17.5. The van der Waals surface area contributed by atoms with Crippen molar-refractivity contribution < 1.29 is 9.59 Å². The number of nitrogens with one attached hydrogen (secondary N) is 2. The fourth-order valence-electron chi connectivity index (χ4n) is 2.80. The Morgan fingerprint density at radius 1 is 1.26 bits per heavy atom. The first-order valence-corrected chi connectivity index (χ1v) is 8.40. The zero-order valence-electron chi connectivity index (χ0n) is 14.0. The van der Waals surface area contributed by atoms with E-state index in [0.29, 0.717) is 6.54 Å². The van der Waals surface area contributed by atoms with Crippen LogP contribution in [0, 0.1) is 11.8 Å².